The van der Waals surface area contributed by atoms with E-state index in [0.717, 1.165) is 0 Å². The predicted molar refractivity (Wildman–Crippen MR) is 266 cm³/mol. The van der Waals surface area contributed by atoms with Gasteiger partial charge in [-0.25, -0.2) is 4.79 Å². The topological polar surface area (TPSA) is 406 Å². The van der Waals surface area contributed by atoms with E-state index in [1.54, 1.807) is 47.8 Å². The third-order valence-electron chi connectivity index (χ3n) is 10.4. The molecule has 0 aromatic carbocycles. The molecule has 0 aromatic heterocycles. The van der Waals surface area contributed by atoms with Crippen molar-refractivity contribution >= 4 is 89.4 Å². The lowest BCUT2D eigenvalue weighted by atomic mass is 10.0. The molecule has 0 aliphatic rings. The van der Waals surface area contributed by atoms with E-state index in [-0.39, 0.29) is 25.0 Å². The monoisotopic (exact) mass is 1030 g/mol. The number of nitrogens with one attached hydrogen (secondary N) is 10. The zero-order chi connectivity index (χ0) is 53.5. The summed E-state index contributed by atoms with van der Waals surface area (Å²) in [6, 6.07) is -7.85. The first-order valence-electron chi connectivity index (χ1n) is 23.3. The van der Waals surface area contributed by atoms with Crippen molar-refractivity contribution in [1.82, 2.24) is 53.2 Å². The molecule has 0 heterocycles. The maximum absolute atomic E-state index is 13.6. The van der Waals surface area contributed by atoms with E-state index >= 15 is 0 Å². The van der Waals surface area contributed by atoms with Gasteiger partial charge in [0.05, 0.1) is 32.2 Å². The number of unbranched alkanes of at least 4 members (excludes halogenated alkanes) is 2. The number of rotatable bonds is 36. The van der Waals surface area contributed by atoms with Gasteiger partial charge < -0.3 is 75.5 Å². The molecule has 25 nitrogen and oxygen atoms in total. The van der Waals surface area contributed by atoms with Gasteiger partial charge in [-0.15, -0.1) is 0 Å². The van der Waals surface area contributed by atoms with E-state index in [9.17, 15) is 57.8 Å². The van der Waals surface area contributed by atoms with Crippen LogP contribution in [0.3, 0.4) is 0 Å². The van der Waals surface area contributed by atoms with E-state index in [2.05, 4.69) is 65.8 Å². The van der Waals surface area contributed by atoms with Crippen LogP contribution in [0.5, 0.6) is 0 Å². The lowest BCUT2D eigenvalue weighted by Gasteiger charge is -2.26. The van der Waals surface area contributed by atoms with Gasteiger partial charge in [0.2, 0.25) is 59.1 Å². The minimum atomic E-state index is -1.23. The highest BCUT2D eigenvalue weighted by molar-refractivity contribution is 7.98. The van der Waals surface area contributed by atoms with E-state index in [0.29, 0.717) is 44.5 Å². The molecule has 0 bridgehead atoms. The third kappa shape index (κ3) is 26.7. The van der Waals surface area contributed by atoms with Crippen molar-refractivity contribution in [3.63, 3.8) is 0 Å². The second-order valence-corrected chi connectivity index (χ2v) is 18.8. The lowest BCUT2D eigenvalue weighted by molar-refractivity contribution is -0.143. The minimum Gasteiger partial charge on any atom is -0.480 e. The summed E-state index contributed by atoms with van der Waals surface area (Å²) in [5.74, 6) is -9.34. The lowest BCUT2D eigenvalue weighted by Crippen LogP contribution is -2.58. The first-order chi connectivity index (χ1) is 32.9. The number of hydrogen-bond donors (Lipinski definition) is 15. The Labute approximate surface area is 419 Å². The van der Waals surface area contributed by atoms with Crippen molar-refractivity contribution < 1.29 is 57.8 Å². The van der Waals surface area contributed by atoms with Gasteiger partial charge in [-0.05, 0) is 87.8 Å². The Balaban J connectivity index is 5.66. The molecule has 0 aliphatic carbocycles. The van der Waals surface area contributed by atoms with Crippen molar-refractivity contribution in [2.75, 3.05) is 57.0 Å². The van der Waals surface area contributed by atoms with Crippen LogP contribution in [-0.4, -0.2) is 169 Å². The average Bonchev–Trinajstić information content (AvgIpc) is 3.30. The molecule has 0 spiro atoms. The fraction of sp³-hybridized carbons (Fsp3) is 0.744. The number of carbonyl (C=O) groups excluding carboxylic acids is 10. The average molecular weight is 1030 g/mol. The number of nitrogens with two attached hydrogens (primary N) is 3. The van der Waals surface area contributed by atoms with Crippen LogP contribution in [0.2, 0.25) is 0 Å². The van der Waals surface area contributed by atoms with Crippen molar-refractivity contribution in [3.8, 4) is 0 Å². The Kier molecular flexibility index (Phi) is 33.1. The largest absolute Gasteiger partial charge is 0.480 e. The Bertz CT molecular complexity index is 1740. The van der Waals surface area contributed by atoms with Crippen LogP contribution in [0.4, 0.5) is 0 Å². The van der Waals surface area contributed by atoms with Gasteiger partial charge in [-0.1, -0.05) is 41.5 Å². The number of carbonyl (C=O) groups is 11. The van der Waals surface area contributed by atoms with Gasteiger partial charge in [0.15, 0.2) is 0 Å². The van der Waals surface area contributed by atoms with E-state index < -0.39 is 151 Å². The van der Waals surface area contributed by atoms with Gasteiger partial charge in [0.1, 0.15) is 36.3 Å². The maximum Gasteiger partial charge on any atom is 0.326 e. The second kappa shape index (κ2) is 35.8. The molecule has 7 atom stereocenters. The molecule has 0 saturated heterocycles. The highest BCUT2D eigenvalue weighted by atomic mass is 32.2. The molecule has 400 valence electrons. The fourth-order valence-corrected chi connectivity index (χ4v) is 6.92. The quantitative estimate of drug-likeness (QED) is 0.0208. The molecule has 0 radical (unpaired) electrons. The first-order valence-corrected chi connectivity index (χ1v) is 25.3. The van der Waals surface area contributed by atoms with Crippen molar-refractivity contribution in [2.24, 2.45) is 35.0 Å². The van der Waals surface area contributed by atoms with Crippen molar-refractivity contribution in [2.45, 2.75) is 129 Å². The summed E-state index contributed by atoms with van der Waals surface area (Å²) in [7, 11) is 0. The van der Waals surface area contributed by atoms with Crippen molar-refractivity contribution in [1.29, 1.82) is 0 Å². The summed E-state index contributed by atoms with van der Waals surface area (Å²) in [6.45, 7) is 8.21. The molecule has 0 rings (SSSR count). The Hall–Kier alpha value is -5.25. The van der Waals surface area contributed by atoms with Crippen LogP contribution < -0.4 is 70.4 Å². The maximum atomic E-state index is 13.6. The van der Waals surface area contributed by atoms with E-state index in [1.807, 2.05) is 0 Å². The van der Waals surface area contributed by atoms with Crippen LogP contribution in [-0.2, 0) is 52.7 Å². The van der Waals surface area contributed by atoms with Gasteiger partial charge in [-0.2, -0.15) is 24.4 Å². The Morgan fingerprint density at radius 1 is 0.471 bits per heavy atom. The molecule has 10 amide bonds. The molecule has 0 unspecified atom stereocenters. The molecular weight excluding hydrogens is 955 g/mol. The number of amides is 10. The first kappa shape index (κ1) is 64.8. The van der Waals surface area contributed by atoms with Gasteiger partial charge in [-0.3, -0.25) is 47.9 Å². The number of carboxylic acid groups (broad SMARTS) is 1. The summed E-state index contributed by atoms with van der Waals surface area (Å²) in [5.41, 5.74) is 16.9. The summed E-state index contributed by atoms with van der Waals surface area (Å²) < 4.78 is 0. The summed E-state index contributed by atoms with van der Waals surface area (Å²) in [6.07, 6.45) is 4.12. The summed E-state index contributed by atoms with van der Waals surface area (Å²) in [4.78, 5) is 141. The molecule has 0 saturated carbocycles. The normalized spacial score (nSPS) is 14.1. The smallest absolute Gasteiger partial charge is 0.326 e. The molecule has 70 heavy (non-hydrogen) atoms. The van der Waals surface area contributed by atoms with E-state index in [1.165, 1.54) is 11.8 Å². The third-order valence-corrected chi connectivity index (χ3v) is 11.5. The van der Waals surface area contributed by atoms with Gasteiger partial charge in [0, 0.05) is 5.75 Å². The van der Waals surface area contributed by atoms with Crippen LogP contribution in [0, 0.1) is 17.8 Å². The zero-order valence-electron chi connectivity index (χ0n) is 41.4. The Morgan fingerprint density at radius 2 is 0.871 bits per heavy atom. The molecule has 0 aliphatic heterocycles. The Morgan fingerprint density at radius 3 is 1.34 bits per heavy atom. The zero-order valence-corrected chi connectivity index (χ0v) is 43.1. The number of thioether (sulfide) groups is 1. The molecule has 0 aromatic rings. The van der Waals surface area contributed by atoms with Crippen LogP contribution >= 0.6 is 24.4 Å². The minimum absolute atomic E-state index is 0.0467. The van der Waals surface area contributed by atoms with Crippen LogP contribution in [0.1, 0.15) is 86.5 Å². The van der Waals surface area contributed by atoms with Crippen LogP contribution in [0.15, 0.2) is 0 Å². The van der Waals surface area contributed by atoms with Crippen molar-refractivity contribution in [3.05, 3.63) is 0 Å². The molecule has 27 heteroatoms. The molecular formula is C43H79N13O12S2. The number of carboxylic acids is 1. The summed E-state index contributed by atoms with van der Waals surface area (Å²) in [5, 5.41) is 34.3. The summed E-state index contributed by atoms with van der Waals surface area (Å²) >= 11 is 5.35. The number of aliphatic carboxylic acids is 1. The second-order valence-electron chi connectivity index (χ2n) is 17.5. The molecule has 0 fully saturated rings. The van der Waals surface area contributed by atoms with Crippen LogP contribution in [0.25, 0.3) is 0 Å². The highest BCUT2D eigenvalue weighted by Gasteiger charge is 2.32. The standard InChI is InChI=1S/C43H79N13O12S2/c1-23(2)34(41(65)50-18-30(57)47-19-33(60)54-35(24(3)4)42(66)56-36(25(5)6)43(67)68)55-40(64)29(14-17-70-7)52-32(59)21-49-38(62)27(12-8-10-15-44)53-39(63)28(13-9-11-16-45)51-31(58)20-48-37(61)26(46)22-69/h23-29,34-36,69H,8-22,44-46H2,1-7H3,(H,47,57)(H,48,61)(H,49,62)(H,50,65)(H,51,58)(H,52,59)(H,53,63)(H,54,60)(H,55,64)(H,56,66)(H,67,68)/t26-,27-,28-,29-,34-,35-,36-/m0/s1. The van der Waals surface area contributed by atoms with Gasteiger partial charge in [0.25, 0.3) is 0 Å². The fourth-order valence-electron chi connectivity index (χ4n) is 6.29. The number of hydrogen-bond acceptors (Lipinski definition) is 16. The van der Waals surface area contributed by atoms with Gasteiger partial charge >= 0.3 is 5.97 Å². The highest BCUT2D eigenvalue weighted by Crippen LogP contribution is 2.09. The van der Waals surface area contributed by atoms with E-state index in [4.69, 9.17) is 17.2 Å². The molecule has 17 N–H and O–H groups in total. The SMILES string of the molecule is CSCC[C@H](NC(=O)CNC(=O)[C@H](CCCCN)NC(=O)[C@H](CCCCN)NC(=O)CNC(=O)[C@@H](N)CS)C(=O)N[C@H](C(=O)NCC(=O)NCC(=O)N[C@H](C(=O)N[C@H](C(=O)O)C(C)C)C(C)C)C(C)C. The predicted octanol–water partition coefficient (Wildman–Crippen LogP) is -4.32. The number of thiol groups is 1.